The van der Waals surface area contributed by atoms with Gasteiger partial charge in [-0.05, 0) is 34.1 Å². The summed E-state index contributed by atoms with van der Waals surface area (Å²) >= 11 is 12.6. The van der Waals surface area contributed by atoms with Crippen LogP contribution in [0.3, 0.4) is 0 Å². The number of benzene rings is 1. The highest BCUT2D eigenvalue weighted by Crippen LogP contribution is 2.34. The van der Waals surface area contributed by atoms with E-state index in [9.17, 15) is 0 Å². The van der Waals surface area contributed by atoms with Gasteiger partial charge in [-0.2, -0.15) is 4.98 Å². The number of nitrogens with two attached hydrogens (primary N) is 1. The normalized spacial score (nSPS) is 10.3. The van der Waals surface area contributed by atoms with Crippen molar-refractivity contribution in [3.63, 3.8) is 0 Å². The van der Waals surface area contributed by atoms with Gasteiger partial charge >= 0.3 is 0 Å². The van der Waals surface area contributed by atoms with Gasteiger partial charge in [-0.15, -0.1) is 0 Å². The van der Waals surface area contributed by atoms with Crippen molar-refractivity contribution in [1.82, 2.24) is 9.97 Å². The topological polar surface area (TPSA) is 61.0 Å². The van der Waals surface area contributed by atoms with Crippen molar-refractivity contribution >= 4 is 49.4 Å². The van der Waals surface area contributed by atoms with Crippen LogP contribution in [0.25, 0.3) is 0 Å². The smallest absolute Gasteiger partial charge is 0.238 e. The quantitative estimate of drug-likeness (QED) is 0.856. The number of aromatic nitrogens is 2. The molecule has 0 radical (unpaired) electrons. The second kappa shape index (κ2) is 5.20. The van der Waals surface area contributed by atoms with E-state index in [0.29, 0.717) is 21.1 Å². The summed E-state index contributed by atoms with van der Waals surface area (Å²) < 4.78 is 7.02. The highest BCUT2D eigenvalue weighted by molar-refractivity contribution is 9.10. The lowest BCUT2D eigenvalue weighted by Crippen LogP contribution is -1.97. The van der Waals surface area contributed by atoms with Crippen molar-refractivity contribution in [2.24, 2.45) is 0 Å². The Bertz CT molecular complexity index is 516. The zero-order valence-corrected chi connectivity index (χ0v) is 12.3. The number of halogens is 3. The third-order valence-corrected chi connectivity index (χ3v) is 3.18. The largest absolute Gasteiger partial charge is 0.436 e. The Balaban J connectivity index is 2.37. The van der Waals surface area contributed by atoms with Crippen molar-refractivity contribution in [3.05, 3.63) is 38.4 Å². The predicted molar refractivity (Wildman–Crippen MR) is 73.4 cm³/mol. The van der Waals surface area contributed by atoms with E-state index in [-0.39, 0.29) is 5.95 Å². The molecule has 88 valence electrons. The molecule has 17 heavy (non-hydrogen) atoms. The maximum atomic E-state index is 6.00. The van der Waals surface area contributed by atoms with Crippen LogP contribution in [-0.2, 0) is 0 Å². The van der Waals surface area contributed by atoms with Crippen LogP contribution in [0, 0.1) is 0 Å². The second-order valence-corrected chi connectivity index (χ2v) is 5.24. The lowest BCUT2D eigenvalue weighted by Gasteiger charge is -2.08. The van der Waals surface area contributed by atoms with E-state index in [1.165, 1.54) is 6.20 Å². The molecule has 0 unspecified atom stereocenters. The van der Waals surface area contributed by atoms with Gasteiger partial charge in [-0.3, -0.25) is 0 Å². The molecule has 0 aliphatic heterocycles. The van der Waals surface area contributed by atoms with E-state index in [4.69, 9.17) is 22.1 Å². The Morgan fingerprint density at radius 2 is 2.06 bits per heavy atom. The lowest BCUT2D eigenvalue weighted by molar-refractivity contribution is 0.459. The van der Waals surface area contributed by atoms with Crippen molar-refractivity contribution in [1.29, 1.82) is 0 Å². The van der Waals surface area contributed by atoms with Crippen molar-refractivity contribution < 1.29 is 4.74 Å². The predicted octanol–water partition coefficient (Wildman–Crippen LogP) is 4.03. The molecule has 4 nitrogen and oxygen atoms in total. The average molecular weight is 379 g/mol. The van der Waals surface area contributed by atoms with Gasteiger partial charge in [0.2, 0.25) is 11.8 Å². The summed E-state index contributed by atoms with van der Waals surface area (Å²) in [6.07, 6.45) is 1.52. The summed E-state index contributed by atoms with van der Waals surface area (Å²) in [5, 5.41) is 0.484. The first-order valence-corrected chi connectivity index (χ1v) is 6.43. The Labute approximate surface area is 119 Å². The zero-order valence-electron chi connectivity index (χ0n) is 8.32. The Morgan fingerprint density at radius 1 is 1.29 bits per heavy atom. The molecule has 2 N–H and O–H groups in total. The molecule has 1 aromatic heterocycles. The number of nitrogens with zero attached hydrogens (tertiary/aromatic N) is 2. The summed E-state index contributed by atoms with van der Waals surface area (Å²) in [4.78, 5) is 7.78. The maximum Gasteiger partial charge on any atom is 0.238 e. The van der Waals surface area contributed by atoms with Gasteiger partial charge in [0.15, 0.2) is 0 Å². The standard InChI is InChI=1S/C10H6Br2ClN3O/c11-5-1-2-7(13)8(3-5)17-9-6(12)4-15-10(14)16-9/h1-4H,(H2,14,15,16). The number of anilines is 1. The highest BCUT2D eigenvalue weighted by Gasteiger charge is 2.09. The van der Waals surface area contributed by atoms with Crippen molar-refractivity contribution in [2.75, 3.05) is 5.73 Å². The van der Waals surface area contributed by atoms with Crippen LogP contribution in [0.4, 0.5) is 5.95 Å². The maximum absolute atomic E-state index is 6.00. The first kappa shape index (κ1) is 12.6. The molecule has 0 aliphatic carbocycles. The molecule has 0 aliphatic rings. The minimum absolute atomic E-state index is 0.134. The second-order valence-electron chi connectivity index (χ2n) is 3.06. The molecule has 0 bridgehead atoms. The molecule has 1 heterocycles. The van der Waals surface area contributed by atoms with Gasteiger partial charge in [0.05, 0.1) is 15.7 Å². The molecule has 2 rings (SSSR count). The van der Waals surface area contributed by atoms with Gasteiger partial charge in [-0.25, -0.2) is 4.98 Å². The molecule has 0 spiro atoms. The number of hydrogen-bond acceptors (Lipinski definition) is 4. The SMILES string of the molecule is Nc1ncc(Br)c(Oc2cc(Br)ccc2Cl)n1. The summed E-state index contributed by atoms with van der Waals surface area (Å²) in [5.74, 6) is 0.937. The molecule has 0 saturated carbocycles. The van der Waals surface area contributed by atoms with Crippen LogP contribution in [0.15, 0.2) is 33.3 Å². The van der Waals surface area contributed by atoms with Gasteiger partial charge in [0.25, 0.3) is 0 Å². The first-order valence-electron chi connectivity index (χ1n) is 4.47. The molecule has 0 atom stereocenters. The minimum Gasteiger partial charge on any atom is -0.436 e. The third kappa shape index (κ3) is 3.08. The van der Waals surface area contributed by atoms with E-state index in [1.54, 1.807) is 12.1 Å². The number of nitrogen functional groups attached to an aromatic ring is 1. The van der Waals surface area contributed by atoms with Crippen molar-refractivity contribution in [2.45, 2.75) is 0 Å². The summed E-state index contributed by atoms with van der Waals surface area (Å²) in [5.41, 5.74) is 5.48. The first-order chi connectivity index (χ1) is 8.06. The fourth-order valence-corrected chi connectivity index (χ4v) is 1.86. The van der Waals surface area contributed by atoms with Gasteiger partial charge in [0.1, 0.15) is 5.75 Å². The van der Waals surface area contributed by atoms with Gasteiger partial charge in [0, 0.05) is 4.47 Å². The fraction of sp³-hybridized carbons (Fsp3) is 0. The Hall–Kier alpha value is -0.850. The monoisotopic (exact) mass is 377 g/mol. The molecule has 0 amide bonds. The number of ether oxygens (including phenoxy) is 1. The Kier molecular flexibility index (Phi) is 3.86. The molecule has 7 heteroatoms. The average Bonchev–Trinajstić information content (AvgIpc) is 2.28. The van der Waals surface area contributed by atoms with E-state index >= 15 is 0 Å². The minimum atomic E-state index is 0.134. The molecule has 2 aromatic rings. The van der Waals surface area contributed by atoms with E-state index in [1.807, 2.05) is 6.07 Å². The van der Waals surface area contributed by atoms with E-state index < -0.39 is 0 Å². The Morgan fingerprint density at radius 3 is 2.82 bits per heavy atom. The summed E-state index contributed by atoms with van der Waals surface area (Å²) in [6.45, 7) is 0. The molecule has 0 fully saturated rings. The number of rotatable bonds is 2. The van der Waals surface area contributed by atoms with Crippen molar-refractivity contribution in [3.8, 4) is 11.6 Å². The van der Waals surface area contributed by atoms with Crippen LogP contribution in [0.2, 0.25) is 5.02 Å². The third-order valence-electron chi connectivity index (χ3n) is 1.83. The van der Waals surface area contributed by atoms with Crippen LogP contribution < -0.4 is 10.5 Å². The number of hydrogen-bond donors (Lipinski definition) is 1. The van der Waals surface area contributed by atoms with E-state index in [2.05, 4.69) is 41.8 Å². The van der Waals surface area contributed by atoms with Crippen LogP contribution >= 0.6 is 43.5 Å². The van der Waals surface area contributed by atoms with Crippen LogP contribution in [0.5, 0.6) is 11.6 Å². The molecule has 0 saturated heterocycles. The molecule has 1 aromatic carbocycles. The zero-order chi connectivity index (χ0) is 12.4. The summed E-state index contributed by atoms with van der Waals surface area (Å²) in [7, 11) is 0. The summed E-state index contributed by atoms with van der Waals surface area (Å²) in [6, 6.07) is 5.28. The van der Waals surface area contributed by atoms with Gasteiger partial charge < -0.3 is 10.5 Å². The van der Waals surface area contributed by atoms with E-state index in [0.717, 1.165) is 4.47 Å². The molecular weight excluding hydrogens is 373 g/mol. The highest BCUT2D eigenvalue weighted by atomic mass is 79.9. The van der Waals surface area contributed by atoms with Crippen LogP contribution in [0.1, 0.15) is 0 Å². The fourth-order valence-electron chi connectivity index (χ4n) is 1.10. The molecular formula is C10H6Br2ClN3O. The van der Waals surface area contributed by atoms with Crippen LogP contribution in [-0.4, -0.2) is 9.97 Å². The van der Waals surface area contributed by atoms with Gasteiger partial charge in [-0.1, -0.05) is 27.5 Å². The lowest BCUT2D eigenvalue weighted by atomic mass is 10.3.